The zero-order valence-corrected chi connectivity index (χ0v) is 15.1. The van der Waals surface area contributed by atoms with Gasteiger partial charge >= 0.3 is 11.9 Å². The quantitative estimate of drug-likeness (QED) is 0.391. The van der Waals surface area contributed by atoms with Crippen molar-refractivity contribution in [3.05, 3.63) is 57.6 Å². The lowest BCUT2D eigenvalue weighted by Gasteiger charge is -2.11. The molecule has 0 atom stereocenters. The number of nitrogens with one attached hydrogen (secondary N) is 1. The average molecular weight is 397 g/mol. The Morgan fingerprint density at radius 1 is 1.14 bits per heavy atom. The van der Waals surface area contributed by atoms with E-state index >= 15 is 0 Å². The van der Waals surface area contributed by atoms with Crippen LogP contribution in [0.3, 0.4) is 0 Å². The molecule has 0 radical (unpaired) electrons. The van der Waals surface area contributed by atoms with Crippen molar-refractivity contribution in [2.24, 2.45) is 5.10 Å². The number of anilines is 1. The summed E-state index contributed by atoms with van der Waals surface area (Å²) in [6.07, 6.45) is -3.24. The van der Waals surface area contributed by atoms with Crippen LogP contribution in [0, 0.1) is 10.1 Å². The molecule has 2 aromatic carbocycles. The number of benzene rings is 2. The molecule has 0 aliphatic heterocycles. The molecule has 28 heavy (non-hydrogen) atoms. The summed E-state index contributed by atoms with van der Waals surface area (Å²) in [5, 5.41) is 15.1. The topological polar surface area (TPSA) is 86.0 Å². The normalized spacial score (nSPS) is 11.5. The summed E-state index contributed by atoms with van der Waals surface area (Å²) >= 11 is 0. The molecule has 0 fully saturated rings. The van der Waals surface area contributed by atoms with Gasteiger partial charge in [0.15, 0.2) is 0 Å². The molecule has 0 saturated carbocycles. The van der Waals surface area contributed by atoms with E-state index in [9.17, 15) is 23.3 Å². The maximum Gasteiger partial charge on any atom is 0.416 e. The van der Waals surface area contributed by atoms with Crippen molar-refractivity contribution >= 4 is 17.6 Å². The van der Waals surface area contributed by atoms with Crippen molar-refractivity contribution < 1.29 is 27.6 Å². The molecule has 7 nitrogen and oxygen atoms in total. The Kier molecular flexibility index (Phi) is 6.80. The third-order valence-electron chi connectivity index (χ3n) is 3.47. The number of nitro benzene ring substituents is 1. The molecule has 0 unspecified atom stereocenters. The van der Waals surface area contributed by atoms with Crippen LogP contribution in [0.25, 0.3) is 0 Å². The van der Waals surface area contributed by atoms with E-state index in [0.29, 0.717) is 12.4 Å². The van der Waals surface area contributed by atoms with E-state index in [4.69, 9.17) is 9.47 Å². The van der Waals surface area contributed by atoms with E-state index in [2.05, 4.69) is 10.5 Å². The predicted octanol–water partition coefficient (Wildman–Crippen LogP) is 4.86. The van der Waals surface area contributed by atoms with Crippen LogP contribution in [-0.2, 0) is 6.18 Å². The van der Waals surface area contributed by atoms with E-state index in [1.807, 2.05) is 0 Å². The maximum absolute atomic E-state index is 12.8. The fourth-order valence-corrected chi connectivity index (χ4v) is 2.30. The number of hydrogen-bond donors (Lipinski definition) is 1. The first-order chi connectivity index (χ1) is 13.3. The third kappa shape index (κ3) is 5.35. The summed E-state index contributed by atoms with van der Waals surface area (Å²) in [6, 6.07) is 7.12. The first-order valence-corrected chi connectivity index (χ1v) is 8.30. The van der Waals surface area contributed by atoms with Gasteiger partial charge in [-0.1, -0.05) is 6.07 Å². The monoisotopic (exact) mass is 397 g/mol. The highest BCUT2D eigenvalue weighted by Gasteiger charge is 2.30. The third-order valence-corrected chi connectivity index (χ3v) is 3.47. The Morgan fingerprint density at radius 3 is 2.43 bits per heavy atom. The van der Waals surface area contributed by atoms with E-state index in [1.54, 1.807) is 13.8 Å². The number of nitrogens with zero attached hydrogens (tertiary/aromatic N) is 2. The number of nitro groups is 1. The highest BCUT2D eigenvalue weighted by molar-refractivity contribution is 5.86. The van der Waals surface area contributed by atoms with Crippen molar-refractivity contribution in [1.82, 2.24) is 0 Å². The second-order valence-corrected chi connectivity index (χ2v) is 5.43. The summed E-state index contributed by atoms with van der Waals surface area (Å²) in [6.45, 7) is 3.96. The fourth-order valence-electron chi connectivity index (χ4n) is 2.30. The molecule has 2 rings (SSSR count). The molecule has 0 saturated heterocycles. The lowest BCUT2D eigenvalue weighted by atomic mass is 10.1. The lowest BCUT2D eigenvalue weighted by molar-refractivity contribution is -0.385. The van der Waals surface area contributed by atoms with Crippen molar-refractivity contribution in [1.29, 1.82) is 0 Å². The first kappa shape index (κ1) is 21.0. The number of alkyl halides is 3. The number of halogens is 3. The summed E-state index contributed by atoms with van der Waals surface area (Å²) in [5.74, 6) is 0.352. The zero-order chi connectivity index (χ0) is 20.7. The summed E-state index contributed by atoms with van der Waals surface area (Å²) < 4.78 is 49.0. The van der Waals surface area contributed by atoms with Crippen LogP contribution in [0.15, 0.2) is 41.5 Å². The minimum absolute atomic E-state index is 0.0546. The SMILES string of the molecule is CCOc1cc(OCC)c([N+](=O)[O-])cc1C=NNc1cccc(C(F)(F)F)c1. The number of hydrogen-bond acceptors (Lipinski definition) is 6. The number of hydrazone groups is 1. The molecule has 0 aromatic heterocycles. The molecule has 0 aliphatic rings. The number of rotatable bonds is 8. The Bertz CT molecular complexity index is 870. The summed E-state index contributed by atoms with van der Waals surface area (Å²) in [7, 11) is 0. The van der Waals surface area contributed by atoms with Crippen molar-refractivity contribution in [2.75, 3.05) is 18.6 Å². The van der Waals surface area contributed by atoms with E-state index in [0.717, 1.165) is 12.1 Å². The molecular formula is C18H18F3N3O4. The van der Waals surface area contributed by atoms with Crippen LogP contribution in [0.4, 0.5) is 24.5 Å². The molecule has 0 aliphatic carbocycles. The Morgan fingerprint density at radius 2 is 1.82 bits per heavy atom. The van der Waals surface area contributed by atoms with Gasteiger partial charge in [0, 0.05) is 17.7 Å². The average Bonchev–Trinajstić information content (AvgIpc) is 2.63. The fraction of sp³-hybridized carbons (Fsp3) is 0.278. The smallest absolute Gasteiger partial charge is 0.416 e. The van der Waals surface area contributed by atoms with Gasteiger partial charge in [-0.25, -0.2) is 0 Å². The summed E-state index contributed by atoms with van der Waals surface area (Å²) in [4.78, 5) is 10.7. The molecule has 10 heteroatoms. The molecule has 2 aromatic rings. The van der Waals surface area contributed by atoms with Gasteiger partial charge in [0.2, 0.25) is 5.75 Å². The minimum atomic E-state index is -4.47. The van der Waals surface area contributed by atoms with Gasteiger partial charge in [-0.05, 0) is 32.0 Å². The Hall–Kier alpha value is -3.30. The molecule has 1 N–H and O–H groups in total. The first-order valence-electron chi connectivity index (χ1n) is 8.30. The van der Waals surface area contributed by atoms with Gasteiger partial charge in [-0.15, -0.1) is 0 Å². The second-order valence-electron chi connectivity index (χ2n) is 5.43. The van der Waals surface area contributed by atoms with Crippen molar-refractivity contribution in [3.63, 3.8) is 0 Å². The van der Waals surface area contributed by atoms with Gasteiger partial charge in [0.25, 0.3) is 0 Å². The summed E-state index contributed by atoms with van der Waals surface area (Å²) in [5.41, 5.74) is 1.77. The molecule has 150 valence electrons. The van der Waals surface area contributed by atoms with Crippen LogP contribution in [0.1, 0.15) is 25.0 Å². The van der Waals surface area contributed by atoms with E-state index in [-0.39, 0.29) is 29.3 Å². The molecule has 0 bridgehead atoms. The second kappa shape index (κ2) is 9.07. The largest absolute Gasteiger partial charge is 0.493 e. The van der Waals surface area contributed by atoms with E-state index < -0.39 is 16.7 Å². The van der Waals surface area contributed by atoms with Gasteiger partial charge in [0.1, 0.15) is 5.75 Å². The van der Waals surface area contributed by atoms with E-state index in [1.165, 1.54) is 30.5 Å². The lowest BCUT2D eigenvalue weighted by Crippen LogP contribution is -2.05. The van der Waals surface area contributed by atoms with Gasteiger partial charge in [0.05, 0.1) is 35.6 Å². The highest BCUT2D eigenvalue weighted by atomic mass is 19.4. The van der Waals surface area contributed by atoms with Crippen LogP contribution in [0.5, 0.6) is 11.5 Å². The van der Waals surface area contributed by atoms with Gasteiger partial charge < -0.3 is 9.47 Å². The van der Waals surface area contributed by atoms with Crippen LogP contribution in [0.2, 0.25) is 0 Å². The highest BCUT2D eigenvalue weighted by Crippen LogP contribution is 2.34. The molecule has 0 heterocycles. The van der Waals surface area contributed by atoms with Crippen LogP contribution >= 0.6 is 0 Å². The standard InChI is InChI=1S/C18H18F3N3O4/c1-3-27-16-10-17(28-4-2)15(24(25)26)8-12(16)11-22-23-14-7-5-6-13(9-14)18(19,20)21/h5-11,23H,3-4H2,1-2H3. The molecule has 0 amide bonds. The minimum Gasteiger partial charge on any atom is -0.493 e. The van der Waals surface area contributed by atoms with Crippen molar-refractivity contribution in [2.45, 2.75) is 20.0 Å². The van der Waals surface area contributed by atoms with Crippen molar-refractivity contribution in [3.8, 4) is 11.5 Å². The molecular weight excluding hydrogens is 379 g/mol. The Labute approximate surface area is 158 Å². The van der Waals surface area contributed by atoms with Crippen LogP contribution in [-0.4, -0.2) is 24.4 Å². The Balaban J connectivity index is 2.31. The molecule has 0 spiro atoms. The van der Waals surface area contributed by atoms with Crippen LogP contribution < -0.4 is 14.9 Å². The maximum atomic E-state index is 12.8. The van der Waals surface area contributed by atoms with Gasteiger partial charge in [-0.3, -0.25) is 15.5 Å². The predicted molar refractivity (Wildman–Crippen MR) is 98.1 cm³/mol. The van der Waals surface area contributed by atoms with Gasteiger partial charge in [-0.2, -0.15) is 18.3 Å². The number of ether oxygens (including phenoxy) is 2. The zero-order valence-electron chi connectivity index (χ0n) is 15.1.